The van der Waals surface area contributed by atoms with Gasteiger partial charge in [0.25, 0.3) is 0 Å². The van der Waals surface area contributed by atoms with Gasteiger partial charge in [0.1, 0.15) is 0 Å². The van der Waals surface area contributed by atoms with Crippen molar-refractivity contribution in [3.05, 3.63) is 88.7 Å². The summed E-state index contributed by atoms with van der Waals surface area (Å²) in [6, 6.07) is 18.6. The summed E-state index contributed by atoms with van der Waals surface area (Å²) in [5.74, 6) is -1.05. The van der Waals surface area contributed by atoms with Gasteiger partial charge < -0.3 is 19.7 Å². The number of carboxylic acid groups (broad SMARTS) is 1. The lowest BCUT2D eigenvalue weighted by Crippen LogP contribution is -2.39. The van der Waals surface area contributed by atoms with E-state index in [0.29, 0.717) is 12.1 Å². The van der Waals surface area contributed by atoms with Gasteiger partial charge in [-0.1, -0.05) is 42.5 Å². The third-order valence-corrected chi connectivity index (χ3v) is 7.34. The Morgan fingerprint density at radius 1 is 1.16 bits per heavy atom. The van der Waals surface area contributed by atoms with Crippen LogP contribution in [0.3, 0.4) is 0 Å². The molecular formula is C31H36FNO5. The van der Waals surface area contributed by atoms with E-state index < -0.39 is 12.1 Å². The van der Waals surface area contributed by atoms with Crippen molar-refractivity contribution in [2.24, 2.45) is 0 Å². The molecule has 7 heteroatoms. The molecule has 0 bridgehead atoms. The zero-order valence-corrected chi connectivity index (χ0v) is 22.2. The first-order chi connectivity index (χ1) is 18.3. The van der Waals surface area contributed by atoms with Crippen LogP contribution >= 0.6 is 0 Å². The van der Waals surface area contributed by atoms with Crippen molar-refractivity contribution < 1.29 is 28.9 Å². The molecule has 0 spiro atoms. The molecule has 1 aliphatic rings. The van der Waals surface area contributed by atoms with E-state index in [1.807, 2.05) is 49.4 Å². The molecule has 3 aromatic carbocycles. The number of carbonyl (C=O) groups is 1. The first kappa shape index (κ1) is 27.8. The molecule has 1 fully saturated rings. The minimum Gasteiger partial charge on any atom is -0.494 e. The van der Waals surface area contributed by atoms with E-state index in [1.165, 1.54) is 13.2 Å². The molecule has 0 unspecified atom stereocenters. The lowest BCUT2D eigenvalue weighted by atomic mass is 9.94. The van der Waals surface area contributed by atoms with E-state index in [1.54, 1.807) is 19.1 Å². The Labute approximate surface area is 223 Å². The zero-order chi connectivity index (χ0) is 27.2. The average Bonchev–Trinajstić information content (AvgIpc) is 3.33. The van der Waals surface area contributed by atoms with Gasteiger partial charge in [0.15, 0.2) is 11.6 Å². The van der Waals surface area contributed by atoms with Gasteiger partial charge in [-0.2, -0.15) is 0 Å². The number of carboxylic acids is 1. The first-order valence-electron chi connectivity index (χ1n) is 13.1. The summed E-state index contributed by atoms with van der Waals surface area (Å²) >= 11 is 0. The molecule has 0 aromatic heterocycles. The number of aliphatic hydroxyl groups is 1. The number of benzene rings is 3. The smallest absolute Gasteiger partial charge is 0.335 e. The summed E-state index contributed by atoms with van der Waals surface area (Å²) in [6.07, 6.45) is 1.84. The summed E-state index contributed by atoms with van der Waals surface area (Å²) in [6.45, 7) is 5.33. The molecule has 2 N–H and O–H groups in total. The third-order valence-electron chi connectivity index (χ3n) is 7.34. The van der Waals surface area contributed by atoms with Gasteiger partial charge in [-0.05, 0) is 85.7 Å². The highest BCUT2D eigenvalue weighted by molar-refractivity contribution is 5.90. The molecule has 1 aliphatic heterocycles. The predicted molar refractivity (Wildman–Crippen MR) is 145 cm³/mol. The number of aryl methyl sites for hydroxylation is 1. The molecule has 0 amide bonds. The van der Waals surface area contributed by atoms with E-state index >= 15 is 0 Å². The molecule has 6 nitrogen and oxygen atoms in total. The quantitative estimate of drug-likeness (QED) is 0.339. The summed E-state index contributed by atoms with van der Waals surface area (Å²) in [7, 11) is 1.46. The highest BCUT2D eigenvalue weighted by Crippen LogP contribution is 2.31. The van der Waals surface area contributed by atoms with Gasteiger partial charge in [-0.3, -0.25) is 4.90 Å². The number of aromatic carboxylic acids is 1. The number of likely N-dealkylation sites (tertiary alicyclic amines) is 1. The number of hydrogen-bond acceptors (Lipinski definition) is 5. The van der Waals surface area contributed by atoms with Crippen molar-refractivity contribution in [2.75, 3.05) is 26.8 Å². The van der Waals surface area contributed by atoms with Crippen LogP contribution in [-0.4, -0.2) is 60.0 Å². The molecular weight excluding hydrogens is 485 g/mol. The number of aliphatic hydroxyl groups excluding tert-OH is 1. The highest BCUT2D eigenvalue weighted by atomic mass is 19.1. The Morgan fingerprint density at radius 2 is 1.95 bits per heavy atom. The van der Waals surface area contributed by atoms with Crippen molar-refractivity contribution in [1.29, 1.82) is 0 Å². The van der Waals surface area contributed by atoms with Crippen LogP contribution in [0, 0.1) is 12.7 Å². The summed E-state index contributed by atoms with van der Waals surface area (Å²) < 4.78 is 25.3. The summed E-state index contributed by atoms with van der Waals surface area (Å²) in [5.41, 5.74) is 4.78. The molecule has 4 rings (SSSR count). The van der Waals surface area contributed by atoms with Crippen molar-refractivity contribution in [3.63, 3.8) is 0 Å². The maximum absolute atomic E-state index is 14.1. The fraction of sp³-hybridized carbons (Fsp3) is 0.387. The second kappa shape index (κ2) is 12.5. The van der Waals surface area contributed by atoms with Crippen LogP contribution in [0.2, 0.25) is 0 Å². The topological polar surface area (TPSA) is 79.2 Å². The Kier molecular flexibility index (Phi) is 9.15. The number of β-amino-alcohol motifs (C(OH)–C–C–N with tert-alkyl or cyclic N) is 1. The molecule has 0 radical (unpaired) electrons. The SMILES string of the molecule is COc1ccc(C[C@@H]2CCCN2C[C@@H](O)CO[C@H](C)c2ccccc2-c2ccc(C(=O)O)c(C)c2)cc1F. The van der Waals surface area contributed by atoms with Crippen LogP contribution in [0.15, 0.2) is 60.7 Å². The van der Waals surface area contributed by atoms with Crippen molar-refractivity contribution in [3.8, 4) is 16.9 Å². The van der Waals surface area contributed by atoms with Gasteiger partial charge >= 0.3 is 5.97 Å². The second-order valence-corrected chi connectivity index (χ2v) is 10.0. The Bertz CT molecular complexity index is 1260. The summed E-state index contributed by atoms with van der Waals surface area (Å²) in [4.78, 5) is 13.7. The van der Waals surface area contributed by atoms with Crippen LogP contribution in [-0.2, 0) is 11.2 Å². The first-order valence-corrected chi connectivity index (χ1v) is 13.1. The largest absolute Gasteiger partial charge is 0.494 e. The van der Waals surface area contributed by atoms with Crippen LogP contribution in [0.1, 0.15) is 52.9 Å². The molecule has 38 heavy (non-hydrogen) atoms. The van der Waals surface area contributed by atoms with Crippen molar-refractivity contribution in [1.82, 2.24) is 4.90 Å². The van der Waals surface area contributed by atoms with Gasteiger partial charge in [-0.25, -0.2) is 9.18 Å². The van der Waals surface area contributed by atoms with E-state index in [2.05, 4.69) is 4.90 Å². The number of rotatable bonds is 11. The van der Waals surface area contributed by atoms with E-state index in [9.17, 15) is 19.4 Å². The average molecular weight is 522 g/mol. The minimum absolute atomic E-state index is 0.187. The fourth-order valence-electron chi connectivity index (χ4n) is 5.33. The van der Waals surface area contributed by atoms with E-state index in [-0.39, 0.29) is 35.9 Å². The van der Waals surface area contributed by atoms with Crippen molar-refractivity contribution >= 4 is 5.97 Å². The lowest BCUT2D eigenvalue weighted by molar-refractivity contribution is -0.0169. The van der Waals surface area contributed by atoms with E-state index in [4.69, 9.17) is 9.47 Å². The van der Waals surface area contributed by atoms with Crippen molar-refractivity contribution in [2.45, 2.75) is 51.4 Å². The molecule has 3 aromatic rings. The lowest BCUT2D eigenvalue weighted by Gasteiger charge is -2.28. The molecule has 0 saturated carbocycles. The zero-order valence-electron chi connectivity index (χ0n) is 22.2. The standard InChI is InChI=1S/C31H36FNO5/c1-20-15-23(11-12-26(20)31(35)36)28-9-5-4-8-27(28)21(2)38-19-25(34)18-33-14-6-7-24(33)16-22-10-13-30(37-3)29(32)17-22/h4-5,8-13,15,17,21,24-25,34H,6-7,14,16,18-19H2,1-3H3,(H,35,36)/t21-,24+,25-/m1/s1. The van der Waals surface area contributed by atoms with Crippen LogP contribution in [0.4, 0.5) is 4.39 Å². The Balaban J connectivity index is 1.36. The van der Waals surface area contributed by atoms with Crippen LogP contribution in [0.25, 0.3) is 11.1 Å². The maximum Gasteiger partial charge on any atom is 0.335 e. The van der Waals surface area contributed by atoms with Gasteiger partial charge in [0.05, 0.1) is 31.5 Å². The number of hydrogen-bond donors (Lipinski definition) is 2. The van der Waals surface area contributed by atoms with Gasteiger partial charge in [0.2, 0.25) is 0 Å². The second-order valence-electron chi connectivity index (χ2n) is 10.0. The number of ether oxygens (including phenoxy) is 2. The Hall–Kier alpha value is -3.26. The number of methoxy groups -OCH3 is 1. The fourth-order valence-corrected chi connectivity index (χ4v) is 5.33. The number of halogens is 1. The minimum atomic E-state index is -0.940. The summed E-state index contributed by atoms with van der Waals surface area (Å²) in [5, 5.41) is 20.2. The monoisotopic (exact) mass is 521 g/mol. The van der Waals surface area contributed by atoms with Crippen LogP contribution < -0.4 is 4.74 Å². The van der Waals surface area contributed by atoms with Crippen LogP contribution in [0.5, 0.6) is 5.75 Å². The van der Waals surface area contributed by atoms with E-state index in [0.717, 1.165) is 48.1 Å². The van der Waals surface area contributed by atoms with Gasteiger partial charge in [-0.15, -0.1) is 0 Å². The molecule has 1 saturated heterocycles. The number of nitrogens with zero attached hydrogens (tertiary/aromatic N) is 1. The molecule has 202 valence electrons. The third kappa shape index (κ3) is 6.59. The predicted octanol–water partition coefficient (Wildman–Crippen LogP) is 5.65. The maximum atomic E-state index is 14.1. The molecule has 0 aliphatic carbocycles. The molecule has 1 heterocycles. The Morgan fingerprint density at radius 3 is 2.66 bits per heavy atom. The highest BCUT2D eigenvalue weighted by Gasteiger charge is 2.27. The molecule has 3 atom stereocenters. The van der Waals surface area contributed by atoms with Gasteiger partial charge in [0, 0.05) is 12.6 Å². The normalized spacial score (nSPS) is 17.3.